The third-order valence-electron chi connectivity index (χ3n) is 17.2. The van der Waals surface area contributed by atoms with Gasteiger partial charge in [-0.2, -0.15) is 0 Å². The lowest BCUT2D eigenvalue weighted by molar-refractivity contribution is -0.255. The molecule has 5 rings (SSSR count). The average Bonchev–Trinajstić information content (AvgIpc) is 0.800. The summed E-state index contributed by atoms with van der Waals surface area (Å²) in [6.07, 6.45) is -32.6. The van der Waals surface area contributed by atoms with E-state index in [4.69, 9.17) is 144 Å². The van der Waals surface area contributed by atoms with Crippen molar-refractivity contribution >= 4 is 165 Å². The Labute approximate surface area is 698 Å². The first-order valence-corrected chi connectivity index (χ1v) is 38.4. The molecule has 20 atom stereocenters. The smallest absolute Gasteiger partial charge is 0.303 e. The van der Waals surface area contributed by atoms with Crippen molar-refractivity contribution in [2.45, 2.75) is 246 Å². The summed E-state index contributed by atoms with van der Waals surface area (Å²) in [6.45, 7) is 12.5. The zero-order valence-corrected chi connectivity index (χ0v) is 70.8. The number of hydrogen-bond acceptors (Lipinski definition) is 40. The minimum atomic E-state index is -1.71. The number of esters is 16. The molecular formula is C70H100N8O36S4. The van der Waals surface area contributed by atoms with Gasteiger partial charge in [0.15, 0.2) is 119 Å². The molecule has 5 fully saturated rings. The Morgan fingerprint density at radius 1 is 0.229 bits per heavy atom. The Hall–Kier alpha value is -9.88. The number of carbonyl (C=O) groups excluding carboxylic acids is 16. The fourth-order valence-corrected chi connectivity index (χ4v) is 14.1. The summed E-state index contributed by atoms with van der Waals surface area (Å²) >= 11 is 24.9. The van der Waals surface area contributed by atoms with Gasteiger partial charge in [-0.05, 0) is 61.7 Å². The molecule has 48 heteroatoms. The number of rotatable bonds is 24. The molecule has 0 bridgehead atoms. The molecule has 5 heterocycles. The monoisotopic (exact) mass is 1760 g/mol. The van der Waals surface area contributed by atoms with Crippen LogP contribution in [0.3, 0.4) is 0 Å². The molecule has 0 spiro atoms. The second-order valence-electron chi connectivity index (χ2n) is 26.9. The highest BCUT2D eigenvalue weighted by Crippen LogP contribution is 2.34. The van der Waals surface area contributed by atoms with Crippen LogP contribution in [-0.2, 0) is 171 Å². The second kappa shape index (κ2) is 47.1. The van der Waals surface area contributed by atoms with Gasteiger partial charge in [0.05, 0.1) is 0 Å². The fraction of sp³-hybridized carbons (Fsp3) is 0.714. The van der Waals surface area contributed by atoms with E-state index in [1.165, 1.54) is 0 Å². The Kier molecular flexibility index (Phi) is 39.4. The van der Waals surface area contributed by atoms with E-state index >= 15 is 0 Å². The van der Waals surface area contributed by atoms with Crippen molar-refractivity contribution in [1.29, 1.82) is 0 Å². The Morgan fingerprint density at radius 3 is 0.517 bits per heavy atom. The van der Waals surface area contributed by atoms with Gasteiger partial charge in [0, 0.05) is 163 Å². The number of nitrogens with one attached hydrogen (secondary N) is 4. The van der Waals surface area contributed by atoms with E-state index in [0.717, 1.165) is 111 Å². The van der Waals surface area contributed by atoms with E-state index in [9.17, 15) is 76.7 Å². The Morgan fingerprint density at radius 2 is 0.373 bits per heavy atom. The van der Waals surface area contributed by atoms with Crippen molar-refractivity contribution in [2.75, 3.05) is 78.8 Å². The first-order chi connectivity index (χ1) is 55.3. The van der Waals surface area contributed by atoms with Crippen molar-refractivity contribution < 1.29 is 171 Å². The van der Waals surface area contributed by atoms with E-state index in [2.05, 4.69) is 21.3 Å². The maximum absolute atomic E-state index is 13.1. The van der Waals surface area contributed by atoms with Gasteiger partial charge in [0.25, 0.3) is 0 Å². The molecule has 44 nitrogen and oxygen atoms in total. The van der Waals surface area contributed by atoms with E-state index < -0.39 is 245 Å². The van der Waals surface area contributed by atoms with Gasteiger partial charge in [-0.15, -0.1) is 0 Å². The molecule has 0 amide bonds. The predicted molar refractivity (Wildman–Crippen MR) is 406 cm³/mol. The van der Waals surface area contributed by atoms with Crippen LogP contribution in [0.15, 0.2) is 0 Å². The highest BCUT2D eigenvalue weighted by molar-refractivity contribution is 7.80. The minimum Gasteiger partial charge on any atom is -0.463 e. The summed E-state index contributed by atoms with van der Waals surface area (Å²) in [7, 11) is 0. The van der Waals surface area contributed by atoms with Crippen molar-refractivity contribution in [3.05, 3.63) is 0 Å². The van der Waals surface area contributed by atoms with E-state index in [1.807, 2.05) is 0 Å². The summed E-state index contributed by atoms with van der Waals surface area (Å²) in [4.78, 5) is 211. The summed E-state index contributed by atoms with van der Waals surface area (Å²) in [5.41, 5.74) is 0. The first kappa shape index (κ1) is 98.7. The summed E-state index contributed by atoms with van der Waals surface area (Å²) in [5.74, 6) is -14.6. The number of thiocarbonyl (C=S) groups is 4. The Balaban J connectivity index is 1.77. The fourth-order valence-electron chi connectivity index (χ4n) is 12.9. The molecule has 5 saturated heterocycles. The molecule has 0 aromatic rings. The van der Waals surface area contributed by atoms with Gasteiger partial charge in [-0.1, -0.05) is 0 Å². The second-order valence-corrected chi connectivity index (χ2v) is 28.5. The highest BCUT2D eigenvalue weighted by Gasteiger charge is 2.57. The van der Waals surface area contributed by atoms with Gasteiger partial charge in [0.1, 0.15) is 50.8 Å². The normalized spacial score (nSPS) is 27.9. The lowest BCUT2D eigenvalue weighted by atomic mass is 9.97. The van der Waals surface area contributed by atoms with Crippen molar-refractivity contribution in [3.8, 4) is 0 Å². The van der Waals surface area contributed by atoms with Gasteiger partial charge >= 0.3 is 95.5 Å². The van der Waals surface area contributed by atoms with Gasteiger partial charge < -0.3 is 136 Å². The van der Waals surface area contributed by atoms with E-state index in [1.54, 1.807) is 19.6 Å². The standard InChI is InChI=1S/C70H100N8O36S4/c1-31(79)95-27-47-51(99-35(5)83)55(103-39(9)87)59(107-43(13)91)63(111-47)71-67(115)75-19-17-20-77(69(117)73-65-61(109-45(15)93)57(105-41(11)89)53(101-37(7)85)49(113-65)29-97-33(3)81)25-26-78(70(118)74-66-62(110-46(16)94)58(106-42(12)90)54(102-38(8)86)50(114-66)30-98-34(4)82)22-18-21-76(24-23-75)68(116)72-64-60(108-44(14)92)56(104-40(10)88)52(100-36(6)84)48(112-64)28-96-32(2)80/h47-66H,17-30H2,1-16H3,(H,71,115)(H,72,116)(H,73,117)(H,74,118)/t47-,48-,49-,50-,51-,52-,53-,54-,55+,56+,57+,58+,59+,60+,61+,62+,63+,64+,65+,66+/m1/s1. The number of ether oxygens (including phenoxy) is 20. The number of nitrogens with zero attached hydrogens (tertiary/aromatic N) is 4. The molecule has 0 aromatic carbocycles. The summed E-state index contributed by atoms with van der Waals surface area (Å²) in [5, 5.41) is 11.2. The first-order valence-electron chi connectivity index (χ1n) is 36.8. The van der Waals surface area contributed by atoms with Crippen LogP contribution >= 0.6 is 48.9 Å². The molecule has 0 aliphatic carbocycles. The van der Waals surface area contributed by atoms with Crippen LogP contribution in [0.1, 0.15) is 124 Å². The zero-order valence-electron chi connectivity index (χ0n) is 67.6. The van der Waals surface area contributed by atoms with Gasteiger partial charge in [-0.25, -0.2) is 0 Å². The lowest BCUT2D eigenvalue weighted by Crippen LogP contribution is -2.67. The van der Waals surface area contributed by atoms with Gasteiger partial charge in [0.2, 0.25) is 0 Å². The van der Waals surface area contributed by atoms with Gasteiger partial charge in [-0.3, -0.25) is 76.7 Å². The summed E-state index contributed by atoms with van der Waals surface area (Å²) in [6, 6.07) is 0. The van der Waals surface area contributed by atoms with Crippen LogP contribution in [0, 0.1) is 0 Å². The maximum atomic E-state index is 13.1. The van der Waals surface area contributed by atoms with Crippen LogP contribution in [-0.4, -0.2) is 337 Å². The topological polar surface area (TPSA) is 519 Å². The molecule has 118 heavy (non-hydrogen) atoms. The SMILES string of the molecule is CC(=O)OC[C@H]1O[C@H](NC(=S)N2CCCN(C(=S)N[C@H]3O[C@H](COC(C)=O)[C@@H](OC(C)=O)[C@H](OC(C)=O)[C@@H]3OC(C)=O)CCN(C(=S)N[C@H]3O[C@H](COC(C)=O)[C@@H](OC(C)=O)[C@H](OC(C)=O)[C@@H]3OC(C)=O)CCCN(C(=S)N[C@H]3O[C@H](COC(C)=O)[C@@H](OC(C)=O)[C@H](OC(C)=O)[C@@H]3OC(C)=O)CC2)[C@@H](OC(C)=O)[C@@H](OC(C)=O)[C@@H]1OC(C)=O. The molecular weight excluding hydrogens is 1660 g/mol. The predicted octanol–water partition coefficient (Wildman–Crippen LogP) is -2.18. The van der Waals surface area contributed by atoms with Crippen molar-refractivity contribution in [2.24, 2.45) is 0 Å². The summed E-state index contributed by atoms with van der Waals surface area (Å²) < 4.78 is 115. The zero-order chi connectivity index (χ0) is 88.3. The molecule has 0 saturated carbocycles. The molecule has 0 unspecified atom stereocenters. The number of carbonyl (C=O) groups is 16. The lowest BCUT2D eigenvalue weighted by Gasteiger charge is -2.46. The van der Waals surface area contributed by atoms with Crippen LogP contribution in [0.25, 0.3) is 0 Å². The molecule has 660 valence electrons. The number of hydrogen-bond donors (Lipinski definition) is 4. The molecule has 0 radical (unpaired) electrons. The Bertz CT molecular complexity index is 3240. The highest BCUT2D eigenvalue weighted by atomic mass is 32.1. The van der Waals surface area contributed by atoms with E-state index in [-0.39, 0.29) is 85.6 Å². The van der Waals surface area contributed by atoms with Crippen LogP contribution in [0.4, 0.5) is 0 Å². The van der Waals surface area contributed by atoms with Crippen LogP contribution in [0.5, 0.6) is 0 Å². The van der Waals surface area contributed by atoms with Crippen LogP contribution in [0.2, 0.25) is 0 Å². The van der Waals surface area contributed by atoms with Crippen molar-refractivity contribution in [1.82, 2.24) is 40.9 Å². The average molecular weight is 1760 g/mol. The third kappa shape index (κ3) is 31.8. The maximum Gasteiger partial charge on any atom is 0.303 e. The largest absolute Gasteiger partial charge is 0.463 e. The molecule has 5 aliphatic rings. The molecule has 0 aromatic heterocycles. The molecule has 4 N–H and O–H groups in total. The molecule has 5 aliphatic heterocycles. The van der Waals surface area contributed by atoms with E-state index in [0.29, 0.717) is 0 Å². The third-order valence-corrected chi connectivity index (χ3v) is 18.7. The van der Waals surface area contributed by atoms with Crippen molar-refractivity contribution in [3.63, 3.8) is 0 Å². The minimum absolute atomic E-state index is 0.0400. The van der Waals surface area contributed by atoms with Crippen LogP contribution < -0.4 is 21.3 Å². The quantitative estimate of drug-likeness (QED) is 0.0453.